The second-order valence-corrected chi connectivity index (χ2v) is 8.92. The van der Waals surface area contributed by atoms with Crippen LogP contribution in [0.1, 0.15) is 60.0 Å². The minimum absolute atomic E-state index is 0.0629. The lowest BCUT2D eigenvalue weighted by atomic mass is 9.95. The summed E-state index contributed by atoms with van der Waals surface area (Å²) in [4.78, 5) is 13.3. The van der Waals surface area contributed by atoms with E-state index in [9.17, 15) is 4.79 Å². The van der Waals surface area contributed by atoms with Crippen LogP contribution in [0.25, 0.3) is 10.8 Å². The molecule has 2 aliphatic carbocycles. The summed E-state index contributed by atoms with van der Waals surface area (Å²) in [6, 6.07) is 20.4. The average Bonchev–Trinajstić information content (AvgIpc) is 3.56. The van der Waals surface area contributed by atoms with Crippen LogP contribution in [0.2, 0.25) is 0 Å². The monoisotopic (exact) mass is 412 g/mol. The van der Waals surface area contributed by atoms with E-state index in [0.29, 0.717) is 17.0 Å². The molecule has 2 N–H and O–H groups in total. The Balaban J connectivity index is 1.39. The van der Waals surface area contributed by atoms with Crippen molar-refractivity contribution in [3.8, 4) is 5.75 Å². The van der Waals surface area contributed by atoms with Crippen molar-refractivity contribution in [2.24, 2.45) is 0 Å². The van der Waals surface area contributed by atoms with E-state index < -0.39 is 0 Å². The number of hydrogen-bond donors (Lipinski definition) is 2. The molecule has 0 spiro atoms. The van der Waals surface area contributed by atoms with Gasteiger partial charge in [-0.05, 0) is 79.5 Å². The number of aryl methyl sites for hydroxylation is 1. The van der Waals surface area contributed by atoms with Crippen LogP contribution in [-0.4, -0.2) is 17.7 Å². The number of benzene rings is 3. The average molecular weight is 413 g/mol. The molecule has 2 fully saturated rings. The summed E-state index contributed by atoms with van der Waals surface area (Å²) in [6.07, 6.45) is 5.55. The Kier molecular flexibility index (Phi) is 5.01. The molecule has 1 atom stereocenters. The quantitative estimate of drug-likeness (QED) is 0.547. The maximum absolute atomic E-state index is 13.3. The Bertz CT molecular complexity index is 1160. The number of ether oxygens (including phenoxy) is 1. The van der Waals surface area contributed by atoms with E-state index in [1.165, 1.54) is 16.3 Å². The highest BCUT2D eigenvalue weighted by Gasteiger charge is 2.46. The van der Waals surface area contributed by atoms with Gasteiger partial charge in [-0.2, -0.15) is 0 Å². The van der Waals surface area contributed by atoms with E-state index in [4.69, 9.17) is 10.1 Å². The zero-order valence-electron chi connectivity index (χ0n) is 17.9. The zero-order valence-corrected chi connectivity index (χ0v) is 17.9. The number of fused-ring (bicyclic) bond motifs is 1. The Morgan fingerprint density at radius 2 is 1.87 bits per heavy atom. The molecular weight excluding hydrogens is 384 g/mol. The number of rotatable bonds is 5. The molecule has 1 amide bonds. The van der Waals surface area contributed by atoms with E-state index in [2.05, 4.69) is 41.7 Å². The van der Waals surface area contributed by atoms with Gasteiger partial charge in [0.15, 0.2) is 0 Å². The molecule has 2 saturated carbocycles. The van der Waals surface area contributed by atoms with Crippen molar-refractivity contribution in [3.63, 3.8) is 0 Å². The maximum Gasteiger partial charge on any atom is 0.252 e. The summed E-state index contributed by atoms with van der Waals surface area (Å²) in [6.45, 7) is 1.96. The lowest BCUT2D eigenvalue weighted by Gasteiger charge is -2.25. The highest BCUT2D eigenvalue weighted by Crippen LogP contribution is 2.48. The van der Waals surface area contributed by atoms with Gasteiger partial charge >= 0.3 is 0 Å². The Labute approximate surface area is 183 Å². The van der Waals surface area contributed by atoms with Crippen molar-refractivity contribution in [1.82, 2.24) is 5.32 Å². The SMILES string of the molecule is Cc1ccc(O[C@@H]2CCCCC2=N)cc1C(=O)NC1(c2cccc3ccccc23)CC1. The van der Waals surface area contributed by atoms with Crippen LogP contribution in [0.4, 0.5) is 0 Å². The molecule has 0 bridgehead atoms. The smallest absolute Gasteiger partial charge is 0.252 e. The first kappa shape index (κ1) is 19.8. The Morgan fingerprint density at radius 1 is 1.06 bits per heavy atom. The fraction of sp³-hybridized carbons (Fsp3) is 0.333. The lowest BCUT2D eigenvalue weighted by Crippen LogP contribution is -2.35. The van der Waals surface area contributed by atoms with Crippen molar-refractivity contribution >= 4 is 22.4 Å². The van der Waals surface area contributed by atoms with E-state index in [1.807, 2.05) is 31.2 Å². The summed E-state index contributed by atoms with van der Waals surface area (Å²) in [7, 11) is 0. The standard InChI is InChI=1S/C27H28N2O2/c1-18-13-14-20(31-25-12-5-4-11-24(25)28)17-22(18)26(30)29-27(15-16-27)23-10-6-8-19-7-2-3-9-21(19)23/h2-3,6-10,13-14,17,25,28H,4-5,11-12,15-16H2,1H3,(H,29,30)/t25-/m1/s1. The molecule has 3 aromatic rings. The summed E-state index contributed by atoms with van der Waals surface area (Å²) in [5.41, 5.74) is 3.13. The Morgan fingerprint density at radius 3 is 2.68 bits per heavy atom. The molecule has 0 radical (unpaired) electrons. The molecule has 3 aromatic carbocycles. The zero-order chi connectivity index (χ0) is 21.4. The lowest BCUT2D eigenvalue weighted by molar-refractivity contribution is 0.0930. The first-order chi connectivity index (χ1) is 15.1. The molecule has 4 heteroatoms. The van der Waals surface area contributed by atoms with Gasteiger partial charge in [0, 0.05) is 11.3 Å². The highest BCUT2D eigenvalue weighted by atomic mass is 16.5. The maximum atomic E-state index is 13.3. The van der Waals surface area contributed by atoms with E-state index >= 15 is 0 Å². The van der Waals surface area contributed by atoms with Gasteiger partial charge in [0.1, 0.15) is 11.9 Å². The Hall–Kier alpha value is -3.14. The van der Waals surface area contributed by atoms with Crippen LogP contribution < -0.4 is 10.1 Å². The van der Waals surface area contributed by atoms with Crippen LogP contribution >= 0.6 is 0 Å². The molecular formula is C27H28N2O2. The number of carbonyl (C=O) groups is 1. The van der Waals surface area contributed by atoms with Gasteiger partial charge in [-0.25, -0.2) is 0 Å². The van der Waals surface area contributed by atoms with Crippen LogP contribution in [-0.2, 0) is 5.54 Å². The molecule has 5 rings (SSSR count). The fourth-order valence-corrected chi connectivity index (χ4v) is 4.71. The van der Waals surface area contributed by atoms with Gasteiger partial charge in [-0.3, -0.25) is 4.79 Å². The third-order valence-corrected chi connectivity index (χ3v) is 6.69. The fourth-order valence-electron chi connectivity index (χ4n) is 4.71. The van der Waals surface area contributed by atoms with Crippen LogP contribution in [0.5, 0.6) is 5.75 Å². The van der Waals surface area contributed by atoms with Gasteiger partial charge < -0.3 is 15.5 Å². The molecule has 0 saturated heterocycles. The van der Waals surface area contributed by atoms with Gasteiger partial charge in [-0.1, -0.05) is 48.5 Å². The van der Waals surface area contributed by atoms with Crippen LogP contribution in [0, 0.1) is 12.3 Å². The number of carbonyl (C=O) groups excluding carboxylic acids is 1. The van der Waals surface area contributed by atoms with Gasteiger partial charge in [0.25, 0.3) is 5.91 Å². The molecule has 31 heavy (non-hydrogen) atoms. The van der Waals surface area contributed by atoms with Gasteiger partial charge in [-0.15, -0.1) is 0 Å². The second-order valence-electron chi connectivity index (χ2n) is 8.92. The molecule has 4 nitrogen and oxygen atoms in total. The van der Waals surface area contributed by atoms with E-state index in [0.717, 1.165) is 44.1 Å². The number of nitrogens with one attached hydrogen (secondary N) is 2. The number of amides is 1. The van der Waals surface area contributed by atoms with Crippen LogP contribution in [0.3, 0.4) is 0 Å². The van der Waals surface area contributed by atoms with Crippen molar-refractivity contribution in [1.29, 1.82) is 5.41 Å². The number of hydrogen-bond acceptors (Lipinski definition) is 3. The largest absolute Gasteiger partial charge is 0.484 e. The molecule has 0 heterocycles. The molecule has 158 valence electrons. The first-order valence-corrected chi connectivity index (χ1v) is 11.2. The van der Waals surface area contributed by atoms with E-state index in [1.54, 1.807) is 0 Å². The molecule has 0 aromatic heterocycles. The summed E-state index contributed by atoms with van der Waals surface area (Å²) in [5.74, 6) is 0.606. The summed E-state index contributed by atoms with van der Waals surface area (Å²) >= 11 is 0. The first-order valence-electron chi connectivity index (χ1n) is 11.2. The van der Waals surface area contributed by atoms with E-state index in [-0.39, 0.29) is 17.6 Å². The predicted octanol–water partition coefficient (Wildman–Crippen LogP) is 5.91. The van der Waals surface area contributed by atoms with Crippen molar-refractivity contribution < 1.29 is 9.53 Å². The molecule has 0 unspecified atom stereocenters. The van der Waals surface area contributed by atoms with Gasteiger partial charge in [0.05, 0.1) is 5.54 Å². The third-order valence-electron chi connectivity index (χ3n) is 6.69. The predicted molar refractivity (Wildman–Crippen MR) is 124 cm³/mol. The van der Waals surface area contributed by atoms with Crippen molar-refractivity contribution in [2.45, 2.75) is 57.1 Å². The normalized spacial score (nSPS) is 19.8. The van der Waals surface area contributed by atoms with Crippen molar-refractivity contribution in [3.05, 3.63) is 77.4 Å². The second kappa shape index (κ2) is 7.84. The summed E-state index contributed by atoms with van der Waals surface area (Å²) in [5, 5.41) is 13.9. The summed E-state index contributed by atoms with van der Waals surface area (Å²) < 4.78 is 6.10. The molecule has 2 aliphatic rings. The van der Waals surface area contributed by atoms with Gasteiger partial charge in [0.2, 0.25) is 0 Å². The molecule has 0 aliphatic heterocycles. The van der Waals surface area contributed by atoms with Crippen LogP contribution in [0.15, 0.2) is 60.7 Å². The minimum atomic E-state index is -0.299. The topological polar surface area (TPSA) is 62.2 Å². The minimum Gasteiger partial charge on any atom is -0.484 e. The third kappa shape index (κ3) is 3.83. The van der Waals surface area contributed by atoms with Crippen molar-refractivity contribution in [2.75, 3.05) is 0 Å². The highest BCUT2D eigenvalue weighted by molar-refractivity contribution is 5.97.